The monoisotopic (exact) mass is 360 g/mol. The SMILES string of the molecule is Cc1c(CCNC(=O)C2CCS(=O)(=O)C2)c2cccc3c2n1CCC3. The van der Waals surface area contributed by atoms with E-state index >= 15 is 0 Å². The molecule has 1 saturated heterocycles. The lowest BCUT2D eigenvalue weighted by atomic mass is 10.0. The molecule has 1 N–H and O–H groups in total. The Kier molecular flexibility index (Phi) is 4.10. The molecule has 5 nitrogen and oxygen atoms in total. The van der Waals surface area contributed by atoms with Crippen molar-refractivity contribution in [1.29, 1.82) is 0 Å². The minimum Gasteiger partial charge on any atom is -0.356 e. The molecule has 0 aliphatic carbocycles. The van der Waals surface area contributed by atoms with Crippen LogP contribution in [0.15, 0.2) is 18.2 Å². The second-order valence-corrected chi connectivity index (χ2v) is 9.50. The molecule has 0 radical (unpaired) electrons. The smallest absolute Gasteiger partial charge is 0.224 e. The summed E-state index contributed by atoms with van der Waals surface area (Å²) in [7, 11) is -3.02. The number of nitrogens with one attached hydrogen (secondary N) is 1. The number of rotatable bonds is 4. The predicted molar refractivity (Wildman–Crippen MR) is 98.5 cm³/mol. The zero-order valence-electron chi connectivity index (χ0n) is 14.5. The Morgan fingerprint density at radius 2 is 2.20 bits per heavy atom. The largest absolute Gasteiger partial charge is 0.356 e. The van der Waals surface area contributed by atoms with Gasteiger partial charge in [-0.05, 0) is 43.7 Å². The van der Waals surface area contributed by atoms with Gasteiger partial charge in [-0.25, -0.2) is 8.42 Å². The van der Waals surface area contributed by atoms with Crippen molar-refractivity contribution in [2.75, 3.05) is 18.1 Å². The van der Waals surface area contributed by atoms with E-state index in [0.717, 1.165) is 19.4 Å². The molecule has 1 aromatic carbocycles. The van der Waals surface area contributed by atoms with Gasteiger partial charge >= 0.3 is 0 Å². The number of hydrogen-bond donors (Lipinski definition) is 1. The van der Waals surface area contributed by atoms with Gasteiger partial charge in [-0.2, -0.15) is 0 Å². The molecule has 25 heavy (non-hydrogen) atoms. The lowest BCUT2D eigenvalue weighted by molar-refractivity contribution is -0.124. The molecule has 1 atom stereocenters. The Morgan fingerprint density at radius 1 is 1.36 bits per heavy atom. The van der Waals surface area contributed by atoms with E-state index in [4.69, 9.17) is 0 Å². The quantitative estimate of drug-likeness (QED) is 0.907. The molecule has 0 saturated carbocycles. The van der Waals surface area contributed by atoms with Crippen LogP contribution in [0.4, 0.5) is 0 Å². The molecule has 0 spiro atoms. The van der Waals surface area contributed by atoms with Gasteiger partial charge in [0.15, 0.2) is 9.84 Å². The number of sulfone groups is 1. The molecule has 0 bridgehead atoms. The Bertz CT molecular complexity index is 943. The normalized spacial score (nSPS) is 21.6. The molecule has 1 fully saturated rings. The Labute approximate surface area is 148 Å². The molecule has 1 unspecified atom stereocenters. The summed E-state index contributed by atoms with van der Waals surface area (Å²) in [4.78, 5) is 12.2. The Balaban J connectivity index is 1.48. The average molecular weight is 360 g/mol. The minimum atomic E-state index is -3.02. The summed E-state index contributed by atoms with van der Waals surface area (Å²) < 4.78 is 25.5. The first-order valence-electron chi connectivity index (χ1n) is 9.04. The highest BCUT2D eigenvalue weighted by Gasteiger charge is 2.32. The molecule has 1 aromatic heterocycles. The second-order valence-electron chi connectivity index (χ2n) is 7.27. The Morgan fingerprint density at radius 3 is 2.96 bits per heavy atom. The molecular weight excluding hydrogens is 336 g/mol. The van der Waals surface area contributed by atoms with E-state index in [9.17, 15) is 13.2 Å². The lowest BCUT2D eigenvalue weighted by Crippen LogP contribution is -2.32. The van der Waals surface area contributed by atoms with Crippen molar-refractivity contribution in [3.8, 4) is 0 Å². The number of para-hydroxylation sites is 1. The fourth-order valence-corrected chi connectivity index (χ4v) is 6.10. The van der Waals surface area contributed by atoms with E-state index in [1.807, 2.05) is 0 Å². The third-order valence-electron chi connectivity index (χ3n) is 5.66. The molecule has 3 heterocycles. The highest BCUT2D eigenvalue weighted by molar-refractivity contribution is 7.91. The molecule has 2 aromatic rings. The van der Waals surface area contributed by atoms with Crippen molar-refractivity contribution in [3.05, 3.63) is 35.0 Å². The first kappa shape index (κ1) is 16.6. The minimum absolute atomic E-state index is 0.000525. The Hall–Kier alpha value is -1.82. The van der Waals surface area contributed by atoms with Crippen LogP contribution < -0.4 is 5.32 Å². The van der Waals surface area contributed by atoms with Crippen molar-refractivity contribution in [2.45, 2.75) is 39.2 Å². The van der Waals surface area contributed by atoms with Gasteiger partial charge < -0.3 is 9.88 Å². The third-order valence-corrected chi connectivity index (χ3v) is 7.43. The summed E-state index contributed by atoms with van der Waals surface area (Å²) in [5.74, 6) is -0.352. The summed E-state index contributed by atoms with van der Waals surface area (Å²) in [6.07, 6.45) is 3.54. The number of aryl methyl sites for hydroxylation is 2. The predicted octanol–water partition coefficient (Wildman–Crippen LogP) is 1.99. The molecule has 2 aliphatic rings. The number of carbonyl (C=O) groups is 1. The summed E-state index contributed by atoms with van der Waals surface area (Å²) in [5.41, 5.74) is 5.37. The number of benzene rings is 1. The van der Waals surface area contributed by atoms with Crippen LogP contribution >= 0.6 is 0 Å². The first-order valence-corrected chi connectivity index (χ1v) is 10.9. The molecular formula is C19H24N2O3S. The van der Waals surface area contributed by atoms with Crippen LogP contribution in [0.3, 0.4) is 0 Å². The van der Waals surface area contributed by atoms with Gasteiger partial charge in [0.1, 0.15) is 0 Å². The van der Waals surface area contributed by atoms with E-state index in [0.29, 0.717) is 13.0 Å². The number of aromatic nitrogens is 1. The van der Waals surface area contributed by atoms with Crippen LogP contribution in [-0.4, -0.2) is 36.9 Å². The highest BCUT2D eigenvalue weighted by Crippen LogP contribution is 2.32. The van der Waals surface area contributed by atoms with Gasteiger partial charge in [-0.1, -0.05) is 18.2 Å². The fourth-order valence-electron chi connectivity index (χ4n) is 4.36. The number of hydrogen-bond acceptors (Lipinski definition) is 3. The first-order chi connectivity index (χ1) is 12.0. The average Bonchev–Trinajstić information content (AvgIpc) is 3.09. The zero-order valence-corrected chi connectivity index (χ0v) is 15.4. The van der Waals surface area contributed by atoms with Crippen LogP contribution in [0.2, 0.25) is 0 Å². The van der Waals surface area contributed by atoms with Gasteiger partial charge in [0, 0.05) is 24.2 Å². The van der Waals surface area contributed by atoms with Crippen LogP contribution in [0.1, 0.15) is 29.7 Å². The van der Waals surface area contributed by atoms with Crippen molar-refractivity contribution in [1.82, 2.24) is 9.88 Å². The zero-order chi connectivity index (χ0) is 17.6. The number of amides is 1. The van der Waals surface area contributed by atoms with Gasteiger partial charge in [0.2, 0.25) is 5.91 Å². The lowest BCUT2D eigenvalue weighted by Gasteiger charge is -2.16. The maximum absolute atomic E-state index is 12.2. The van der Waals surface area contributed by atoms with Gasteiger partial charge in [-0.3, -0.25) is 4.79 Å². The van der Waals surface area contributed by atoms with Crippen LogP contribution in [-0.2, 0) is 34.0 Å². The number of carbonyl (C=O) groups excluding carboxylic acids is 1. The second kappa shape index (κ2) is 6.16. The van der Waals surface area contributed by atoms with E-state index in [2.05, 4.69) is 35.0 Å². The topological polar surface area (TPSA) is 68.2 Å². The van der Waals surface area contributed by atoms with E-state index in [-0.39, 0.29) is 23.3 Å². The molecule has 134 valence electrons. The third kappa shape index (κ3) is 2.97. The number of nitrogens with zero attached hydrogens (tertiary/aromatic N) is 1. The summed E-state index contributed by atoms with van der Waals surface area (Å²) in [6, 6.07) is 6.51. The van der Waals surface area contributed by atoms with E-state index in [1.54, 1.807) is 0 Å². The van der Waals surface area contributed by atoms with E-state index < -0.39 is 9.84 Å². The summed E-state index contributed by atoms with van der Waals surface area (Å²) in [5, 5.41) is 4.25. The maximum Gasteiger partial charge on any atom is 0.224 e. The molecule has 1 amide bonds. The van der Waals surface area contributed by atoms with E-state index in [1.165, 1.54) is 34.1 Å². The van der Waals surface area contributed by atoms with Crippen molar-refractivity contribution >= 4 is 26.6 Å². The van der Waals surface area contributed by atoms with Gasteiger partial charge in [0.05, 0.1) is 22.9 Å². The standard InChI is InChI=1S/C19H24N2O3S/c1-13-16(7-9-20-19(22)15-8-11-25(23,24)12-15)17-6-2-4-14-5-3-10-21(13)18(14)17/h2,4,6,15H,3,5,7-12H2,1H3,(H,20,22). The van der Waals surface area contributed by atoms with Crippen molar-refractivity contribution < 1.29 is 13.2 Å². The fraction of sp³-hybridized carbons (Fsp3) is 0.526. The maximum atomic E-state index is 12.2. The molecule has 4 rings (SSSR count). The van der Waals surface area contributed by atoms with Crippen LogP contribution in [0.25, 0.3) is 10.9 Å². The van der Waals surface area contributed by atoms with Gasteiger partial charge in [0.25, 0.3) is 0 Å². The summed E-state index contributed by atoms with van der Waals surface area (Å²) >= 11 is 0. The summed E-state index contributed by atoms with van der Waals surface area (Å²) in [6.45, 7) is 3.78. The van der Waals surface area contributed by atoms with Crippen molar-refractivity contribution in [3.63, 3.8) is 0 Å². The van der Waals surface area contributed by atoms with Crippen molar-refractivity contribution in [2.24, 2.45) is 5.92 Å². The highest BCUT2D eigenvalue weighted by atomic mass is 32.2. The molecule has 2 aliphatic heterocycles. The molecule has 6 heteroatoms. The van der Waals surface area contributed by atoms with Gasteiger partial charge in [-0.15, -0.1) is 0 Å². The van der Waals surface area contributed by atoms with Crippen LogP contribution in [0, 0.1) is 12.8 Å². The van der Waals surface area contributed by atoms with Crippen LogP contribution in [0.5, 0.6) is 0 Å².